The summed E-state index contributed by atoms with van der Waals surface area (Å²) in [5.41, 5.74) is -0.768. The zero-order valence-corrected chi connectivity index (χ0v) is 15.0. The third-order valence-corrected chi connectivity index (χ3v) is 5.10. The minimum atomic E-state index is -3.05. The number of nitrogens with zero attached hydrogens (tertiary/aromatic N) is 2. The lowest BCUT2D eigenvalue weighted by Crippen LogP contribution is -2.44. The molecule has 8 heteroatoms. The minimum Gasteiger partial charge on any atom is -0.345 e. The molecule has 0 radical (unpaired) electrons. The molecule has 1 aromatic rings. The molecule has 0 spiro atoms. The van der Waals surface area contributed by atoms with Gasteiger partial charge in [0.2, 0.25) is 5.01 Å². The van der Waals surface area contributed by atoms with Crippen LogP contribution in [0.3, 0.4) is 0 Å². The number of hydrogen-bond donors (Lipinski definition) is 1. The van der Waals surface area contributed by atoms with Gasteiger partial charge in [-0.1, -0.05) is 32.1 Å². The van der Waals surface area contributed by atoms with Gasteiger partial charge in [0.25, 0.3) is 5.91 Å². The average molecular weight is 333 g/mol. The Morgan fingerprint density at radius 3 is 2.19 bits per heavy atom. The fourth-order valence-corrected chi connectivity index (χ4v) is 3.16. The van der Waals surface area contributed by atoms with Crippen LogP contribution in [0, 0.1) is 0 Å². The van der Waals surface area contributed by atoms with Crippen LogP contribution in [-0.2, 0) is 15.3 Å². The highest BCUT2D eigenvalue weighted by Gasteiger charge is 2.26. The Hall–Kier alpha value is -1.02. The maximum absolute atomic E-state index is 12.2. The number of aromatic nitrogens is 2. The van der Waals surface area contributed by atoms with Gasteiger partial charge in [-0.05, 0) is 20.3 Å². The summed E-state index contributed by atoms with van der Waals surface area (Å²) in [6.07, 6.45) is 1.54. The first-order chi connectivity index (χ1) is 9.30. The number of hydrogen-bond acceptors (Lipinski definition) is 6. The van der Waals surface area contributed by atoms with E-state index < -0.39 is 15.4 Å². The Labute approximate surface area is 130 Å². The monoisotopic (exact) mass is 333 g/mol. The van der Waals surface area contributed by atoms with Crippen LogP contribution in [0.1, 0.15) is 55.8 Å². The van der Waals surface area contributed by atoms with E-state index in [4.69, 9.17) is 0 Å². The predicted molar refractivity (Wildman–Crippen MR) is 84.5 cm³/mol. The molecule has 1 rings (SSSR count). The van der Waals surface area contributed by atoms with Crippen molar-refractivity contribution in [1.82, 2.24) is 15.5 Å². The molecule has 0 aliphatic heterocycles. The van der Waals surface area contributed by atoms with Gasteiger partial charge in [-0.2, -0.15) is 0 Å². The van der Waals surface area contributed by atoms with Gasteiger partial charge in [-0.3, -0.25) is 4.79 Å². The summed E-state index contributed by atoms with van der Waals surface area (Å²) in [4.78, 5) is 12.2. The van der Waals surface area contributed by atoms with Crippen LogP contribution in [-0.4, -0.2) is 42.1 Å². The maximum Gasteiger partial charge on any atom is 0.282 e. The summed E-state index contributed by atoms with van der Waals surface area (Å²) >= 11 is 1.26. The first-order valence-corrected chi connectivity index (χ1v) is 9.52. The Balaban J connectivity index is 2.74. The number of amides is 1. The standard InChI is InChI=1S/C13H23N3O3S2/c1-12(2,3)11-16-15-10(20-11)9(17)14-13(4,5)7-8-21(6,18)19/h7-8H2,1-6H3,(H,14,17). The third-order valence-electron chi connectivity index (χ3n) is 2.81. The summed E-state index contributed by atoms with van der Waals surface area (Å²) < 4.78 is 22.4. The molecule has 0 fully saturated rings. The quantitative estimate of drug-likeness (QED) is 0.887. The lowest BCUT2D eigenvalue weighted by molar-refractivity contribution is 0.0910. The first kappa shape index (κ1) is 18.0. The number of sulfone groups is 1. The molecule has 1 heterocycles. The van der Waals surface area contributed by atoms with E-state index in [9.17, 15) is 13.2 Å². The van der Waals surface area contributed by atoms with Gasteiger partial charge in [0, 0.05) is 17.2 Å². The molecule has 0 saturated heterocycles. The summed E-state index contributed by atoms with van der Waals surface area (Å²) in [6.45, 7) is 9.60. The molecule has 21 heavy (non-hydrogen) atoms. The van der Waals surface area contributed by atoms with E-state index in [1.54, 1.807) is 13.8 Å². The van der Waals surface area contributed by atoms with Crippen molar-refractivity contribution in [2.75, 3.05) is 12.0 Å². The summed E-state index contributed by atoms with van der Waals surface area (Å²) in [5.74, 6) is -0.287. The fraction of sp³-hybridized carbons (Fsp3) is 0.769. The van der Waals surface area contributed by atoms with E-state index in [-0.39, 0.29) is 17.1 Å². The van der Waals surface area contributed by atoms with E-state index >= 15 is 0 Å². The fourth-order valence-electron chi connectivity index (χ4n) is 1.48. The summed E-state index contributed by atoms with van der Waals surface area (Å²) in [7, 11) is -3.05. The van der Waals surface area contributed by atoms with E-state index in [0.717, 1.165) is 5.01 Å². The lowest BCUT2D eigenvalue weighted by atomic mass is 9.98. The molecule has 0 aromatic carbocycles. The van der Waals surface area contributed by atoms with Crippen molar-refractivity contribution < 1.29 is 13.2 Å². The molecule has 0 unspecified atom stereocenters. The van der Waals surface area contributed by atoms with Crippen LogP contribution in [0.4, 0.5) is 0 Å². The van der Waals surface area contributed by atoms with E-state index in [1.807, 2.05) is 20.8 Å². The predicted octanol–water partition coefficient (Wildman–Crippen LogP) is 1.78. The molecule has 0 bridgehead atoms. The first-order valence-electron chi connectivity index (χ1n) is 6.64. The number of rotatable bonds is 5. The van der Waals surface area contributed by atoms with Gasteiger partial charge in [-0.25, -0.2) is 8.42 Å². The molecular weight excluding hydrogens is 310 g/mol. The van der Waals surface area contributed by atoms with E-state index in [1.165, 1.54) is 17.6 Å². The average Bonchev–Trinajstić information content (AvgIpc) is 2.74. The highest BCUT2D eigenvalue weighted by molar-refractivity contribution is 7.90. The van der Waals surface area contributed by atoms with Crippen LogP contribution < -0.4 is 5.32 Å². The molecule has 0 atom stereocenters. The van der Waals surface area contributed by atoms with Gasteiger partial charge in [0.05, 0.1) is 5.75 Å². The Morgan fingerprint density at radius 2 is 1.76 bits per heavy atom. The molecular formula is C13H23N3O3S2. The second-order valence-corrected chi connectivity index (χ2v) is 10.1. The molecule has 0 aliphatic rings. The van der Waals surface area contributed by atoms with Gasteiger partial charge in [-0.15, -0.1) is 10.2 Å². The Bertz CT molecular complexity index is 613. The van der Waals surface area contributed by atoms with Crippen molar-refractivity contribution in [3.8, 4) is 0 Å². The highest BCUT2D eigenvalue weighted by atomic mass is 32.2. The molecule has 1 amide bonds. The van der Waals surface area contributed by atoms with Crippen molar-refractivity contribution in [1.29, 1.82) is 0 Å². The van der Waals surface area contributed by atoms with Crippen molar-refractivity contribution in [3.05, 3.63) is 10.0 Å². The van der Waals surface area contributed by atoms with Gasteiger partial charge in [0.1, 0.15) is 14.8 Å². The molecule has 1 N–H and O–H groups in total. The third kappa shape index (κ3) is 6.09. The molecule has 120 valence electrons. The van der Waals surface area contributed by atoms with Crippen LogP contribution >= 0.6 is 11.3 Å². The van der Waals surface area contributed by atoms with E-state index in [2.05, 4.69) is 15.5 Å². The highest BCUT2D eigenvalue weighted by Crippen LogP contribution is 2.25. The number of carbonyl (C=O) groups excluding carboxylic acids is 1. The van der Waals surface area contributed by atoms with Gasteiger partial charge < -0.3 is 5.32 Å². The van der Waals surface area contributed by atoms with Crippen molar-refractivity contribution in [2.45, 2.75) is 52.0 Å². The topological polar surface area (TPSA) is 89.0 Å². The van der Waals surface area contributed by atoms with Crippen molar-refractivity contribution in [2.24, 2.45) is 0 Å². The number of nitrogens with one attached hydrogen (secondary N) is 1. The van der Waals surface area contributed by atoms with Crippen molar-refractivity contribution >= 4 is 27.1 Å². The SMILES string of the molecule is CC(C)(CCS(C)(=O)=O)NC(=O)c1nnc(C(C)(C)C)s1. The zero-order valence-electron chi connectivity index (χ0n) is 13.3. The summed E-state index contributed by atoms with van der Waals surface area (Å²) in [6, 6.07) is 0. The molecule has 6 nitrogen and oxygen atoms in total. The van der Waals surface area contributed by atoms with Crippen LogP contribution in [0.25, 0.3) is 0 Å². The molecule has 0 saturated carbocycles. The van der Waals surface area contributed by atoms with Gasteiger partial charge in [0.15, 0.2) is 0 Å². The minimum absolute atomic E-state index is 0.0314. The molecule has 0 aliphatic carbocycles. The van der Waals surface area contributed by atoms with Crippen LogP contribution in [0.2, 0.25) is 0 Å². The van der Waals surface area contributed by atoms with Crippen LogP contribution in [0.15, 0.2) is 0 Å². The Kier molecular flexibility index (Phi) is 5.15. The number of carbonyl (C=O) groups is 1. The molecule has 1 aromatic heterocycles. The van der Waals surface area contributed by atoms with Gasteiger partial charge >= 0.3 is 0 Å². The zero-order chi connectivity index (χ0) is 16.5. The van der Waals surface area contributed by atoms with E-state index in [0.29, 0.717) is 11.4 Å². The smallest absolute Gasteiger partial charge is 0.282 e. The summed E-state index contributed by atoms with van der Waals surface area (Å²) in [5, 5.41) is 11.9. The Morgan fingerprint density at radius 1 is 1.19 bits per heavy atom. The largest absolute Gasteiger partial charge is 0.345 e. The lowest BCUT2D eigenvalue weighted by Gasteiger charge is -2.25. The second kappa shape index (κ2) is 6.00. The van der Waals surface area contributed by atoms with Crippen LogP contribution in [0.5, 0.6) is 0 Å². The normalized spacial score (nSPS) is 13.2. The maximum atomic E-state index is 12.2. The van der Waals surface area contributed by atoms with Crippen molar-refractivity contribution in [3.63, 3.8) is 0 Å². The second-order valence-electron chi connectivity index (χ2n) is 6.88.